The standard InChI is InChI=1S/C18H38N4O2/c1-5-16(6-2)17(22-8-10-24-11-9-22)13-21-18(19-7-3)20-12-15(4)14-23/h15-17,23H,5-14H2,1-4H3,(H2,19,20,21). The molecule has 0 aromatic carbocycles. The third kappa shape index (κ3) is 7.36. The number of hydrogen-bond acceptors (Lipinski definition) is 4. The summed E-state index contributed by atoms with van der Waals surface area (Å²) in [5, 5.41) is 16.0. The van der Waals surface area contributed by atoms with E-state index in [4.69, 9.17) is 4.74 Å². The van der Waals surface area contributed by atoms with Crippen LogP contribution < -0.4 is 10.6 Å². The van der Waals surface area contributed by atoms with E-state index in [2.05, 4.69) is 41.3 Å². The van der Waals surface area contributed by atoms with E-state index in [1.54, 1.807) is 0 Å². The van der Waals surface area contributed by atoms with Crippen molar-refractivity contribution in [2.75, 3.05) is 52.5 Å². The van der Waals surface area contributed by atoms with Gasteiger partial charge in [0.15, 0.2) is 5.96 Å². The van der Waals surface area contributed by atoms with Crippen LogP contribution in [0.25, 0.3) is 0 Å². The monoisotopic (exact) mass is 342 g/mol. The molecule has 2 atom stereocenters. The van der Waals surface area contributed by atoms with Crippen molar-refractivity contribution in [2.45, 2.75) is 46.6 Å². The zero-order chi connectivity index (χ0) is 17.8. The van der Waals surface area contributed by atoms with Gasteiger partial charge in [-0.15, -0.1) is 0 Å². The van der Waals surface area contributed by atoms with Crippen molar-refractivity contribution in [2.24, 2.45) is 16.8 Å². The molecule has 0 aromatic heterocycles. The molecule has 0 aromatic rings. The van der Waals surface area contributed by atoms with Gasteiger partial charge in [-0.3, -0.25) is 9.89 Å². The molecule has 0 spiro atoms. The summed E-state index contributed by atoms with van der Waals surface area (Å²) in [5.41, 5.74) is 0. The second-order valence-electron chi connectivity index (χ2n) is 6.68. The molecule has 3 N–H and O–H groups in total. The Balaban J connectivity index is 2.68. The molecule has 0 bridgehead atoms. The fourth-order valence-electron chi connectivity index (χ4n) is 3.18. The Bertz CT molecular complexity index is 342. The highest BCUT2D eigenvalue weighted by Crippen LogP contribution is 2.19. The molecule has 142 valence electrons. The topological polar surface area (TPSA) is 69.1 Å². The van der Waals surface area contributed by atoms with Crippen LogP contribution in [0.4, 0.5) is 0 Å². The number of aliphatic imine (C=N–C) groups is 1. The SMILES string of the molecule is CCNC(=NCC(C)CO)NCC(C(CC)CC)N1CCOCC1. The van der Waals surface area contributed by atoms with Crippen molar-refractivity contribution in [1.29, 1.82) is 0 Å². The van der Waals surface area contributed by atoms with Crippen LogP contribution in [-0.4, -0.2) is 74.6 Å². The van der Waals surface area contributed by atoms with E-state index in [0.717, 1.165) is 45.4 Å². The zero-order valence-electron chi connectivity index (χ0n) is 16.1. The number of aliphatic hydroxyl groups excluding tert-OH is 1. The molecule has 2 unspecified atom stereocenters. The van der Waals surface area contributed by atoms with E-state index in [0.29, 0.717) is 18.5 Å². The Morgan fingerprint density at radius 2 is 1.83 bits per heavy atom. The highest BCUT2D eigenvalue weighted by atomic mass is 16.5. The van der Waals surface area contributed by atoms with Crippen molar-refractivity contribution in [3.8, 4) is 0 Å². The predicted octanol–water partition coefficient (Wildman–Crippen LogP) is 1.31. The predicted molar refractivity (Wildman–Crippen MR) is 100 cm³/mol. The summed E-state index contributed by atoms with van der Waals surface area (Å²) in [7, 11) is 0. The Morgan fingerprint density at radius 1 is 1.17 bits per heavy atom. The number of rotatable bonds is 10. The van der Waals surface area contributed by atoms with Gasteiger partial charge in [-0.25, -0.2) is 0 Å². The van der Waals surface area contributed by atoms with E-state index >= 15 is 0 Å². The Labute approximate surface area is 148 Å². The molecule has 0 aliphatic carbocycles. The van der Waals surface area contributed by atoms with Crippen LogP contribution in [0.5, 0.6) is 0 Å². The lowest BCUT2D eigenvalue weighted by atomic mass is 9.92. The smallest absolute Gasteiger partial charge is 0.191 e. The normalized spacial score (nSPS) is 19.3. The van der Waals surface area contributed by atoms with E-state index in [1.165, 1.54) is 12.8 Å². The molecule has 0 saturated carbocycles. The van der Waals surface area contributed by atoms with E-state index in [-0.39, 0.29) is 12.5 Å². The van der Waals surface area contributed by atoms with Crippen molar-refractivity contribution >= 4 is 5.96 Å². The van der Waals surface area contributed by atoms with Crippen molar-refractivity contribution in [1.82, 2.24) is 15.5 Å². The second-order valence-corrected chi connectivity index (χ2v) is 6.68. The minimum atomic E-state index is 0.174. The van der Waals surface area contributed by atoms with Crippen LogP contribution >= 0.6 is 0 Å². The maximum absolute atomic E-state index is 9.17. The third-order valence-electron chi connectivity index (χ3n) is 4.80. The molecule has 0 amide bonds. The van der Waals surface area contributed by atoms with Crippen LogP contribution in [0, 0.1) is 11.8 Å². The van der Waals surface area contributed by atoms with Gasteiger partial charge in [-0.2, -0.15) is 0 Å². The van der Waals surface area contributed by atoms with E-state index < -0.39 is 0 Å². The fourth-order valence-corrected chi connectivity index (χ4v) is 3.18. The quantitative estimate of drug-likeness (QED) is 0.412. The van der Waals surface area contributed by atoms with Crippen LogP contribution in [0.2, 0.25) is 0 Å². The summed E-state index contributed by atoms with van der Waals surface area (Å²) in [6, 6.07) is 0.503. The molecular formula is C18H38N4O2. The molecule has 1 fully saturated rings. The van der Waals surface area contributed by atoms with Gasteiger partial charge in [0.1, 0.15) is 0 Å². The summed E-state index contributed by atoms with van der Waals surface area (Å²) in [6.45, 7) is 14.9. The number of guanidine groups is 1. The van der Waals surface area contributed by atoms with E-state index in [9.17, 15) is 5.11 Å². The number of nitrogens with zero attached hydrogens (tertiary/aromatic N) is 2. The Morgan fingerprint density at radius 3 is 2.38 bits per heavy atom. The van der Waals surface area contributed by atoms with Crippen molar-refractivity contribution < 1.29 is 9.84 Å². The van der Waals surface area contributed by atoms with Crippen molar-refractivity contribution in [3.05, 3.63) is 0 Å². The number of hydrogen-bond donors (Lipinski definition) is 3. The van der Waals surface area contributed by atoms with E-state index in [1.807, 2.05) is 6.92 Å². The largest absolute Gasteiger partial charge is 0.396 e. The van der Waals surface area contributed by atoms with Crippen molar-refractivity contribution in [3.63, 3.8) is 0 Å². The summed E-state index contributed by atoms with van der Waals surface area (Å²) in [5.74, 6) is 1.71. The van der Waals surface area contributed by atoms with Crippen LogP contribution in [-0.2, 0) is 4.74 Å². The molecule has 24 heavy (non-hydrogen) atoms. The second kappa shape index (κ2) is 12.5. The lowest BCUT2D eigenvalue weighted by molar-refractivity contribution is 0.00272. The highest BCUT2D eigenvalue weighted by Gasteiger charge is 2.26. The molecule has 0 radical (unpaired) electrons. The minimum Gasteiger partial charge on any atom is -0.396 e. The summed E-state index contributed by atoms with van der Waals surface area (Å²) in [4.78, 5) is 7.17. The summed E-state index contributed by atoms with van der Waals surface area (Å²) >= 11 is 0. The Kier molecular flexibility index (Phi) is 11.0. The van der Waals surface area contributed by atoms with Gasteiger partial charge in [0, 0.05) is 45.4 Å². The van der Waals surface area contributed by atoms with Gasteiger partial charge in [0.2, 0.25) is 0 Å². The van der Waals surface area contributed by atoms with Gasteiger partial charge in [0.05, 0.1) is 13.2 Å². The summed E-state index contributed by atoms with van der Waals surface area (Å²) < 4.78 is 5.52. The maximum atomic E-state index is 9.17. The lowest BCUT2D eigenvalue weighted by Gasteiger charge is -2.39. The molecule has 1 rings (SSSR count). The molecule has 1 heterocycles. The molecular weight excluding hydrogens is 304 g/mol. The maximum Gasteiger partial charge on any atom is 0.191 e. The minimum absolute atomic E-state index is 0.174. The van der Waals surface area contributed by atoms with Gasteiger partial charge < -0.3 is 20.5 Å². The first kappa shape index (κ1) is 21.2. The molecule has 6 heteroatoms. The number of morpholine rings is 1. The van der Waals surface area contributed by atoms with Crippen LogP contribution in [0.3, 0.4) is 0 Å². The lowest BCUT2D eigenvalue weighted by Crippen LogP contribution is -2.53. The Hall–Kier alpha value is -0.850. The zero-order valence-corrected chi connectivity index (χ0v) is 16.1. The fraction of sp³-hybridized carbons (Fsp3) is 0.944. The molecule has 6 nitrogen and oxygen atoms in total. The average Bonchev–Trinajstić information content (AvgIpc) is 2.63. The average molecular weight is 343 g/mol. The third-order valence-corrected chi connectivity index (χ3v) is 4.80. The van der Waals surface area contributed by atoms with Gasteiger partial charge in [-0.1, -0.05) is 33.6 Å². The van der Waals surface area contributed by atoms with Crippen LogP contribution in [0.15, 0.2) is 4.99 Å². The highest BCUT2D eigenvalue weighted by molar-refractivity contribution is 5.79. The number of aliphatic hydroxyl groups is 1. The first-order chi connectivity index (χ1) is 11.7. The summed E-state index contributed by atoms with van der Waals surface area (Å²) in [6.07, 6.45) is 2.38. The number of ether oxygens (including phenoxy) is 1. The molecule has 1 aliphatic rings. The molecule has 1 aliphatic heterocycles. The first-order valence-electron chi connectivity index (χ1n) is 9.60. The van der Waals surface area contributed by atoms with Gasteiger partial charge in [-0.05, 0) is 18.8 Å². The van der Waals surface area contributed by atoms with Gasteiger partial charge in [0.25, 0.3) is 0 Å². The molecule has 1 saturated heterocycles. The number of nitrogens with one attached hydrogen (secondary N) is 2. The van der Waals surface area contributed by atoms with Gasteiger partial charge >= 0.3 is 0 Å². The first-order valence-corrected chi connectivity index (χ1v) is 9.60. The van der Waals surface area contributed by atoms with Crippen LogP contribution in [0.1, 0.15) is 40.5 Å².